The van der Waals surface area contributed by atoms with Gasteiger partial charge in [0, 0.05) is 19.7 Å². The van der Waals surface area contributed by atoms with Crippen molar-refractivity contribution in [2.24, 2.45) is 0 Å². The molecule has 1 aromatic carbocycles. The molecule has 1 saturated heterocycles. The van der Waals surface area contributed by atoms with Crippen molar-refractivity contribution in [2.45, 2.75) is 44.4 Å². The van der Waals surface area contributed by atoms with Crippen molar-refractivity contribution in [1.29, 1.82) is 0 Å². The number of benzene rings is 1. The highest BCUT2D eigenvalue weighted by molar-refractivity contribution is 5.83. The van der Waals surface area contributed by atoms with E-state index in [4.69, 9.17) is 14.6 Å². The van der Waals surface area contributed by atoms with E-state index >= 15 is 0 Å². The fourth-order valence-corrected chi connectivity index (χ4v) is 2.84. The van der Waals surface area contributed by atoms with Gasteiger partial charge in [-0.3, -0.25) is 9.59 Å². The Bertz CT molecular complexity index is 691. The van der Waals surface area contributed by atoms with Crippen molar-refractivity contribution in [3.8, 4) is 5.75 Å². The number of carbonyl (C=O) groups excluding carboxylic acids is 2. The van der Waals surface area contributed by atoms with Gasteiger partial charge in [0.1, 0.15) is 11.9 Å². The van der Waals surface area contributed by atoms with Crippen LogP contribution in [-0.2, 0) is 19.1 Å². The lowest BCUT2D eigenvalue weighted by Crippen LogP contribution is -2.38. The fourth-order valence-electron chi connectivity index (χ4n) is 2.84. The van der Waals surface area contributed by atoms with E-state index in [1.54, 1.807) is 26.2 Å². The first kappa shape index (κ1) is 20.7. The van der Waals surface area contributed by atoms with Gasteiger partial charge in [0.05, 0.1) is 6.04 Å². The number of ether oxygens (including phenoxy) is 2. The van der Waals surface area contributed by atoms with Gasteiger partial charge in [-0.25, -0.2) is 4.79 Å². The number of hydrogen-bond donors (Lipinski definition) is 2. The molecule has 0 spiro atoms. The summed E-state index contributed by atoms with van der Waals surface area (Å²) >= 11 is 0. The highest BCUT2D eigenvalue weighted by Crippen LogP contribution is 2.28. The molecule has 0 aliphatic carbocycles. The van der Waals surface area contributed by atoms with Gasteiger partial charge in [0.25, 0.3) is 5.91 Å². The molecular formula is C19H26N2O6. The van der Waals surface area contributed by atoms with E-state index in [2.05, 4.69) is 5.32 Å². The van der Waals surface area contributed by atoms with Crippen LogP contribution in [-0.4, -0.2) is 60.7 Å². The zero-order valence-electron chi connectivity index (χ0n) is 15.8. The Morgan fingerprint density at radius 1 is 1.26 bits per heavy atom. The average Bonchev–Trinajstić information content (AvgIpc) is 3.15. The molecule has 2 N–H and O–H groups in total. The molecule has 148 valence electrons. The third kappa shape index (κ3) is 5.43. The van der Waals surface area contributed by atoms with Gasteiger partial charge in [-0.15, -0.1) is 0 Å². The number of carbonyl (C=O) groups is 3. The molecule has 1 unspecified atom stereocenters. The molecule has 2 amide bonds. The SMILES string of the molecule is CCC(NC(=O)[C@@H]1CC[C@H](C(=O)O)O1)c1ccccc1OCC(=O)N(C)C. The lowest BCUT2D eigenvalue weighted by molar-refractivity contribution is -0.152. The Balaban J connectivity index is 2.05. The number of rotatable bonds is 8. The van der Waals surface area contributed by atoms with Crippen LogP contribution < -0.4 is 10.1 Å². The van der Waals surface area contributed by atoms with Gasteiger partial charge >= 0.3 is 5.97 Å². The smallest absolute Gasteiger partial charge is 0.332 e. The zero-order valence-corrected chi connectivity index (χ0v) is 15.8. The number of carboxylic acid groups (broad SMARTS) is 1. The molecule has 0 saturated carbocycles. The normalized spacial score (nSPS) is 20.0. The van der Waals surface area contributed by atoms with Crippen molar-refractivity contribution in [3.63, 3.8) is 0 Å². The maximum Gasteiger partial charge on any atom is 0.332 e. The molecule has 1 aromatic rings. The Kier molecular flexibility index (Phi) is 7.18. The highest BCUT2D eigenvalue weighted by atomic mass is 16.5. The van der Waals surface area contributed by atoms with Crippen LogP contribution >= 0.6 is 0 Å². The molecule has 0 bridgehead atoms. The summed E-state index contributed by atoms with van der Waals surface area (Å²) < 4.78 is 11.0. The van der Waals surface area contributed by atoms with Crippen molar-refractivity contribution in [1.82, 2.24) is 10.2 Å². The van der Waals surface area contributed by atoms with Crippen molar-refractivity contribution >= 4 is 17.8 Å². The quantitative estimate of drug-likeness (QED) is 0.708. The summed E-state index contributed by atoms with van der Waals surface area (Å²) in [4.78, 5) is 36.7. The van der Waals surface area contributed by atoms with Crippen LogP contribution in [0.2, 0.25) is 0 Å². The minimum atomic E-state index is -1.05. The summed E-state index contributed by atoms with van der Waals surface area (Å²) in [6.07, 6.45) is -0.425. The number of para-hydroxylation sites is 1. The first-order chi connectivity index (χ1) is 12.8. The second-order valence-electron chi connectivity index (χ2n) is 6.61. The van der Waals surface area contributed by atoms with Gasteiger partial charge in [0.2, 0.25) is 5.91 Å². The molecule has 8 nitrogen and oxygen atoms in total. The van der Waals surface area contributed by atoms with Crippen molar-refractivity contribution in [3.05, 3.63) is 29.8 Å². The predicted octanol–water partition coefficient (Wildman–Crippen LogP) is 1.35. The summed E-state index contributed by atoms with van der Waals surface area (Å²) in [5, 5.41) is 11.9. The molecule has 0 aromatic heterocycles. The second-order valence-corrected chi connectivity index (χ2v) is 6.61. The van der Waals surface area contributed by atoms with E-state index < -0.39 is 18.2 Å². The first-order valence-electron chi connectivity index (χ1n) is 8.94. The molecule has 27 heavy (non-hydrogen) atoms. The van der Waals surface area contributed by atoms with Crippen LogP contribution in [0.5, 0.6) is 5.75 Å². The maximum absolute atomic E-state index is 12.5. The third-order valence-electron chi connectivity index (χ3n) is 4.46. The van der Waals surface area contributed by atoms with Crippen LogP contribution in [0.3, 0.4) is 0 Å². The molecule has 1 fully saturated rings. The largest absolute Gasteiger partial charge is 0.483 e. The third-order valence-corrected chi connectivity index (χ3v) is 4.46. The van der Waals surface area contributed by atoms with Gasteiger partial charge in [-0.2, -0.15) is 0 Å². The fraction of sp³-hybridized carbons (Fsp3) is 0.526. The monoisotopic (exact) mass is 378 g/mol. The Labute approximate surface area is 158 Å². The number of hydrogen-bond acceptors (Lipinski definition) is 5. The number of nitrogens with zero attached hydrogens (tertiary/aromatic N) is 1. The number of carboxylic acids is 1. The van der Waals surface area contributed by atoms with Crippen LogP contribution in [0.25, 0.3) is 0 Å². The van der Waals surface area contributed by atoms with Crippen LogP contribution in [0.1, 0.15) is 37.8 Å². The van der Waals surface area contributed by atoms with Gasteiger partial charge in [0.15, 0.2) is 12.7 Å². The summed E-state index contributed by atoms with van der Waals surface area (Å²) in [6, 6.07) is 6.87. The Morgan fingerprint density at radius 3 is 2.52 bits per heavy atom. The molecule has 2 rings (SSSR count). The molecule has 1 aliphatic heterocycles. The first-order valence-corrected chi connectivity index (χ1v) is 8.94. The maximum atomic E-state index is 12.5. The van der Waals surface area contributed by atoms with E-state index in [0.29, 0.717) is 25.0 Å². The average molecular weight is 378 g/mol. The molecular weight excluding hydrogens is 352 g/mol. The number of likely N-dealkylation sites (N-methyl/N-ethyl adjacent to an activating group) is 1. The predicted molar refractivity (Wildman–Crippen MR) is 97.3 cm³/mol. The number of aliphatic carboxylic acids is 1. The van der Waals surface area contributed by atoms with E-state index in [1.165, 1.54) is 4.90 Å². The molecule has 1 heterocycles. The zero-order chi connectivity index (χ0) is 20.0. The van der Waals surface area contributed by atoms with Crippen molar-refractivity contribution < 1.29 is 29.0 Å². The Morgan fingerprint density at radius 2 is 1.93 bits per heavy atom. The number of amides is 2. The van der Waals surface area contributed by atoms with E-state index in [-0.39, 0.29) is 24.5 Å². The van der Waals surface area contributed by atoms with E-state index in [1.807, 2.05) is 19.1 Å². The van der Waals surface area contributed by atoms with Gasteiger partial charge < -0.3 is 24.8 Å². The minimum Gasteiger partial charge on any atom is -0.483 e. The van der Waals surface area contributed by atoms with Gasteiger partial charge in [-0.1, -0.05) is 25.1 Å². The minimum absolute atomic E-state index is 0.0968. The summed E-state index contributed by atoms with van der Waals surface area (Å²) in [6.45, 7) is 1.82. The topological polar surface area (TPSA) is 105 Å². The number of nitrogens with one attached hydrogen (secondary N) is 1. The molecule has 1 aliphatic rings. The Hall–Kier alpha value is -2.61. The van der Waals surface area contributed by atoms with Crippen LogP contribution in [0.4, 0.5) is 0 Å². The molecule has 3 atom stereocenters. The van der Waals surface area contributed by atoms with E-state index in [0.717, 1.165) is 5.56 Å². The molecule has 0 radical (unpaired) electrons. The van der Waals surface area contributed by atoms with Crippen LogP contribution in [0.15, 0.2) is 24.3 Å². The lowest BCUT2D eigenvalue weighted by Gasteiger charge is -2.22. The summed E-state index contributed by atoms with van der Waals surface area (Å²) in [7, 11) is 3.30. The van der Waals surface area contributed by atoms with E-state index in [9.17, 15) is 14.4 Å². The second kappa shape index (κ2) is 9.36. The summed E-state index contributed by atoms with van der Waals surface area (Å²) in [5.74, 6) is -1.04. The van der Waals surface area contributed by atoms with Crippen molar-refractivity contribution in [2.75, 3.05) is 20.7 Å². The molecule has 8 heteroatoms. The van der Waals surface area contributed by atoms with Crippen LogP contribution in [0, 0.1) is 0 Å². The highest BCUT2D eigenvalue weighted by Gasteiger charge is 2.35. The standard InChI is InChI=1S/C19H26N2O6/c1-4-13(20-18(23)15-9-10-16(27-15)19(24)25)12-7-5-6-8-14(12)26-11-17(22)21(2)3/h5-8,13,15-16H,4,9-11H2,1-3H3,(H,20,23)(H,24,25)/t13?,15-,16+/m0/s1. The summed E-state index contributed by atoms with van der Waals surface area (Å²) in [5.41, 5.74) is 0.757. The lowest BCUT2D eigenvalue weighted by atomic mass is 10.0. The van der Waals surface area contributed by atoms with Gasteiger partial charge in [-0.05, 0) is 25.3 Å².